The van der Waals surface area contributed by atoms with E-state index in [0.29, 0.717) is 37.3 Å². The van der Waals surface area contributed by atoms with Crippen molar-refractivity contribution in [2.45, 2.75) is 43.7 Å². The molecule has 0 atom stereocenters. The number of nitrogens with one attached hydrogen (secondary N) is 3. The number of H-pyrrole nitrogens is 1. The predicted octanol–water partition coefficient (Wildman–Crippen LogP) is 3.42. The molecule has 1 saturated heterocycles. The van der Waals surface area contributed by atoms with Crippen LogP contribution in [0.5, 0.6) is 0 Å². The van der Waals surface area contributed by atoms with Gasteiger partial charge in [0.15, 0.2) is 0 Å². The second-order valence-corrected chi connectivity index (χ2v) is 11.4. The number of pyridine rings is 2. The van der Waals surface area contributed by atoms with Crippen molar-refractivity contribution in [1.29, 1.82) is 0 Å². The lowest BCUT2D eigenvalue weighted by molar-refractivity contribution is 0.0924. The molecule has 0 saturated carbocycles. The SMILES string of the molecule is CC(C)Nc1nc2ccc(-c3cn[nH]c3)cc2cc1C(=O)NC1CCN(S(=O)(=O)c2cccnc2)CC1. The number of aromatic nitrogens is 4. The minimum Gasteiger partial charge on any atom is -0.367 e. The minimum atomic E-state index is -3.60. The molecule has 4 aromatic rings. The summed E-state index contributed by atoms with van der Waals surface area (Å²) in [5, 5.41) is 14.1. The van der Waals surface area contributed by atoms with Gasteiger partial charge in [0, 0.05) is 54.7 Å². The number of benzene rings is 1. The molecule has 0 spiro atoms. The Morgan fingerprint density at radius 1 is 1.11 bits per heavy atom. The normalized spacial score (nSPS) is 15.2. The maximum absolute atomic E-state index is 13.4. The Morgan fingerprint density at radius 3 is 2.59 bits per heavy atom. The Morgan fingerprint density at radius 2 is 1.92 bits per heavy atom. The zero-order chi connectivity index (χ0) is 26.0. The van der Waals surface area contributed by atoms with Crippen molar-refractivity contribution in [3.8, 4) is 11.1 Å². The van der Waals surface area contributed by atoms with Crippen LogP contribution in [0.1, 0.15) is 37.0 Å². The lowest BCUT2D eigenvalue weighted by Crippen LogP contribution is -2.46. The van der Waals surface area contributed by atoms with Gasteiger partial charge in [0.25, 0.3) is 5.91 Å². The number of piperidine rings is 1. The number of amides is 1. The number of hydrogen-bond acceptors (Lipinski definition) is 7. The second kappa shape index (κ2) is 10.3. The van der Waals surface area contributed by atoms with Crippen molar-refractivity contribution in [3.63, 3.8) is 0 Å². The van der Waals surface area contributed by atoms with Gasteiger partial charge < -0.3 is 10.6 Å². The molecule has 5 rings (SSSR count). The number of anilines is 1. The van der Waals surface area contributed by atoms with Gasteiger partial charge in [-0.15, -0.1) is 0 Å². The second-order valence-electron chi connectivity index (χ2n) is 9.42. The predicted molar refractivity (Wildman–Crippen MR) is 142 cm³/mol. The van der Waals surface area contributed by atoms with E-state index in [1.54, 1.807) is 24.5 Å². The van der Waals surface area contributed by atoms with Crippen molar-refractivity contribution in [2.24, 2.45) is 0 Å². The molecule has 0 radical (unpaired) electrons. The third-order valence-corrected chi connectivity index (χ3v) is 8.26. The highest BCUT2D eigenvalue weighted by Crippen LogP contribution is 2.27. The Hall–Kier alpha value is -3.83. The van der Waals surface area contributed by atoms with Crippen LogP contribution in [0.3, 0.4) is 0 Å². The highest BCUT2D eigenvalue weighted by Gasteiger charge is 2.30. The molecule has 0 bridgehead atoms. The van der Waals surface area contributed by atoms with Crippen LogP contribution in [0.25, 0.3) is 22.0 Å². The molecule has 1 fully saturated rings. The molecule has 1 aromatic carbocycles. The molecule has 3 N–H and O–H groups in total. The van der Waals surface area contributed by atoms with Crippen LogP contribution in [0, 0.1) is 0 Å². The molecular formula is C26H29N7O3S. The number of carbonyl (C=O) groups is 1. The van der Waals surface area contributed by atoms with Gasteiger partial charge in [-0.2, -0.15) is 9.40 Å². The van der Waals surface area contributed by atoms with E-state index in [9.17, 15) is 13.2 Å². The largest absolute Gasteiger partial charge is 0.367 e. The van der Waals surface area contributed by atoms with Crippen molar-refractivity contribution in [1.82, 2.24) is 29.8 Å². The van der Waals surface area contributed by atoms with E-state index in [0.717, 1.165) is 22.0 Å². The first kappa shape index (κ1) is 24.8. The van der Waals surface area contributed by atoms with E-state index >= 15 is 0 Å². The van der Waals surface area contributed by atoms with Gasteiger partial charge in [0.1, 0.15) is 10.7 Å². The summed E-state index contributed by atoms with van der Waals surface area (Å²) in [4.78, 5) is 22.3. The maximum Gasteiger partial charge on any atom is 0.255 e. The van der Waals surface area contributed by atoms with Crippen molar-refractivity contribution < 1.29 is 13.2 Å². The van der Waals surface area contributed by atoms with Crippen LogP contribution in [0.4, 0.5) is 5.82 Å². The standard InChI is InChI=1S/C26H29N7O3S/c1-17(2)30-25-23(13-19-12-18(5-6-24(19)32-25)20-14-28-29-15-20)26(34)31-21-7-10-33(11-8-21)37(35,36)22-4-3-9-27-16-22/h3-6,9,12-17,21H,7-8,10-11H2,1-2H3,(H,28,29)(H,30,32)(H,31,34). The van der Waals surface area contributed by atoms with E-state index in [1.165, 1.54) is 10.5 Å². The molecule has 3 aromatic heterocycles. The molecule has 0 aliphatic carbocycles. The highest BCUT2D eigenvalue weighted by atomic mass is 32.2. The summed E-state index contributed by atoms with van der Waals surface area (Å²) in [5.41, 5.74) is 3.16. The molecule has 4 heterocycles. The summed E-state index contributed by atoms with van der Waals surface area (Å²) in [6.45, 7) is 4.63. The van der Waals surface area contributed by atoms with Gasteiger partial charge in [-0.1, -0.05) is 6.07 Å². The zero-order valence-corrected chi connectivity index (χ0v) is 21.5. The Bertz CT molecular complexity index is 1500. The monoisotopic (exact) mass is 519 g/mol. The van der Waals surface area contributed by atoms with Crippen molar-refractivity contribution in [3.05, 3.63) is 66.7 Å². The van der Waals surface area contributed by atoms with Gasteiger partial charge >= 0.3 is 0 Å². The molecule has 11 heteroatoms. The van der Waals surface area contributed by atoms with Crippen LogP contribution in [-0.2, 0) is 10.0 Å². The van der Waals surface area contributed by atoms with Crippen molar-refractivity contribution >= 4 is 32.7 Å². The molecule has 10 nitrogen and oxygen atoms in total. The Kier molecular flexibility index (Phi) is 6.90. The average molecular weight is 520 g/mol. The smallest absolute Gasteiger partial charge is 0.255 e. The lowest BCUT2D eigenvalue weighted by atomic mass is 10.0. The number of carbonyl (C=O) groups excluding carboxylic acids is 1. The fraction of sp³-hybridized carbons (Fsp3) is 0.308. The first-order chi connectivity index (χ1) is 17.8. The molecule has 1 aliphatic rings. The van der Waals surface area contributed by atoms with Crippen LogP contribution in [-0.4, -0.2) is 64.0 Å². The maximum atomic E-state index is 13.4. The van der Waals surface area contributed by atoms with E-state index in [4.69, 9.17) is 4.98 Å². The summed E-state index contributed by atoms with van der Waals surface area (Å²) in [7, 11) is -3.60. The molecule has 0 unspecified atom stereocenters. The number of sulfonamides is 1. The first-order valence-corrected chi connectivity index (χ1v) is 13.7. The number of rotatable bonds is 7. The lowest BCUT2D eigenvalue weighted by Gasteiger charge is -2.31. The third kappa shape index (κ3) is 5.32. The molecular weight excluding hydrogens is 490 g/mol. The quantitative estimate of drug-likeness (QED) is 0.341. The van der Waals surface area contributed by atoms with E-state index in [2.05, 4.69) is 25.8 Å². The summed E-state index contributed by atoms with van der Waals surface area (Å²) < 4.78 is 27.2. The fourth-order valence-corrected chi connectivity index (χ4v) is 5.91. The minimum absolute atomic E-state index is 0.0858. The van der Waals surface area contributed by atoms with E-state index < -0.39 is 10.0 Å². The fourth-order valence-electron chi connectivity index (χ4n) is 4.47. The topological polar surface area (TPSA) is 133 Å². The molecule has 1 aliphatic heterocycles. The van der Waals surface area contributed by atoms with Crippen LogP contribution in [0.15, 0.2) is 66.1 Å². The van der Waals surface area contributed by atoms with Crippen molar-refractivity contribution in [2.75, 3.05) is 18.4 Å². The summed E-state index contributed by atoms with van der Waals surface area (Å²) in [6, 6.07) is 10.9. The number of nitrogens with zero attached hydrogens (tertiary/aromatic N) is 4. The van der Waals surface area contributed by atoms with Crippen LogP contribution in [0.2, 0.25) is 0 Å². The summed E-state index contributed by atoms with van der Waals surface area (Å²) in [6.07, 6.45) is 7.50. The Labute approximate surface area is 215 Å². The van der Waals surface area contributed by atoms with Gasteiger partial charge in [0.2, 0.25) is 10.0 Å². The Balaban J connectivity index is 1.34. The van der Waals surface area contributed by atoms with Gasteiger partial charge in [-0.05, 0) is 62.6 Å². The molecule has 192 valence electrons. The highest BCUT2D eigenvalue weighted by molar-refractivity contribution is 7.89. The first-order valence-electron chi connectivity index (χ1n) is 12.2. The van der Waals surface area contributed by atoms with E-state index in [-0.39, 0.29) is 22.9 Å². The number of hydrogen-bond donors (Lipinski definition) is 3. The van der Waals surface area contributed by atoms with E-state index in [1.807, 2.05) is 44.3 Å². The van der Waals surface area contributed by atoms with Gasteiger partial charge in [0.05, 0.1) is 17.3 Å². The van der Waals surface area contributed by atoms with Crippen LogP contribution >= 0.6 is 0 Å². The third-order valence-electron chi connectivity index (χ3n) is 6.38. The molecule has 37 heavy (non-hydrogen) atoms. The van der Waals surface area contributed by atoms with Gasteiger partial charge in [-0.3, -0.25) is 14.9 Å². The van der Waals surface area contributed by atoms with Gasteiger partial charge in [-0.25, -0.2) is 13.4 Å². The molecule has 1 amide bonds. The summed E-state index contributed by atoms with van der Waals surface area (Å²) in [5.74, 6) is 0.285. The number of fused-ring (bicyclic) bond motifs is 1. The summed E-state index contributed by atoms with van der Waals surface area (Å²) >= 11 is 0. The number of aromatic amines is 1. The average Bonchev–Trinajstić information content (AvgIpc) is 3.44. The zero-order valence-electron chi connectivity index (χ0n) is 20.7. The van der Waals surface area contributed by atoms with Crippen LogP contribution < -0.4 is 10.6 Å².